The number of hydrogen-bond donors (Lipinski definition) is 1. The molecule has 0 aliphatic carbocycles. The van der Waals surface area contributed by atoms with Crippen molar-refractivity contribution in [1.82, 2.24) is 4.98 Å². The monoisotopic (exact) mass is 403 g/mol. The largest absolute Gasteiger partial charge is 0.353 e. The van der Waals surface area contributed by atoms with E-state index in [2.05, 4.69) is 86.4 Å². The molecule has 2 unspecified atom stereocenters. The fourth-order valence-corrected chi connectivity index (χ4v) is 7.38. The van der Waals surface area contributed by atoms with Gasteiger partial charge in [-0.1, -0.05) is 69.2 Å². The molecule has 3 aromatic rings. The van der Waals surface area contributed by atoms with Crippen LogP contribution >= 0.6 is 22.7 Å². The second-order valence-electron chi connectivity index (χ2n) is 10.7. The zero-order valence-corrected chi connectivity index (χ0v) is 20.5. The van der Waals surface area contributed by atoms with Crippen LogP contribution in [0.3, 0.4) is 0 Å². The number of hydrogen-bond acceptors (Lipinski definition) is 2. The molecule has 1 N–H and O–H groups in total. The van der Waals surface area contributed by atoms with Gasteiger partial charge in [0.2, 0.25) is 0 Å². The molecule has 0 amide bonds. The van der Waals surface area contributed by atoms with E-state index in [9.17, 15) is 0 Å². The molecule has 0 spiro atoms. The molecule has 27 heavy (non-hydrogen) atoms. The third-order valence-electron chi connectivity index (χ3n) is 7.75. The highest BCUT2D eigenvalue weighted by Gasteiger charge is 2.40. The Morgan fingerprint density at radius 2 is 1.00 bits per heavy atom. The summed E-state index contributed by atoms with van der Waals surface area (Å²) < 4.78 is 2.90. The number of rotatable bonds is 4. The van der Waals surface area contributed by atoms with Crippen LogP contribution in [0.4, 0.5) is 0 Å². The maximum atomic E-state index is 3.73. The van der Waals surface area contributed by atoms with Gasteiger partial charge in [0.05, 0.1) is 20.4 Å². The number of nitrogens with one attached hydrogen (secondary N) is 1. The lowest BCUT2D eigenvalue weighted by Crippen LogP contribution is -2.35. The van der Waals surface area contributed by atoms with Gasteiger partial charge in [-0.2, -0.15) is 0 Å². The highest BCUT2D eigenvalue weighted by molar-refractivity contribution is 7.27. The second kappa shape index (κ2) is 6.35. The molecular weight excluding hydrogens is 366 g/mol. The maximum Gasteiger partial charge on any atom is 0.0701 e. The standard InChI is InChI=1S/C24H37NS2/c1-11-23(9,21(3,4)5)17-13-15-19(26-17)20-16(25-15)14-18(27-20)24(10,12-2)22(6,7)8/h13-14,25H,11-12H2,1-10H3. The van der Waals surface area contributed by atoms with Crippen molar-refractivity contribution in [3.63, 3.8) is 0 Å². The summed E-state index contributed by atoms with van der Waals surface area (Å²) in [6.07, 6.45) is 2.33. The van der Waals surface area contributed by atoms with Crippen LogP contribution in [0.25, 0.3) is 20.4 Å². The molecule has 0 aliphatic rings. The first-order valence-corrected chi connectivity index (χ1v) is 12.0. The average Bonchev–Trinajstić information content (AvgIpc) is 3.21. The molecule has 0 bridgehead atoms. The summed E-state index contributed by atoms with van der Waals surface area (Å²) in [5.74, 6) is 0. The van der Waals surface area contributed by atoms with Crippen LogP contribution < -0.4 is 0 Å². The van der Waals surface area contributed by atoms with Crippen molar-refractivity contribution in [3.05, 3.63) is 21.9 Å². The number of aromatic amines is 1. The third-order valence-corrected chi connectivity index (χ3v) is 10.7. The fraction of sp³-hybridized carbons (Fsp3) is 0.667. The summed E-state index contributed by atoms with van der Waals surface area (Å²) in [6, 6.07) is 4.84. The van der Waals surface area contributed by atoms with E-state index in [1.165, 1.54) is 30.2 Å². The predicted molar refractivity (Wildman–Crippen MR) is 126 cm³/mol. The van der Waals surface area contributed by atoms with E-state index in [-0.39, 0.29) is 21.7 Å². The molecule has 0 radical (unpaired) electrons. The van der Waals surface area contributed by atoms with Crippen LogP contribution in [-0.4, -0.2) is 4.98 Å². The van der Waals surface area contributed by atoms with Gasteiger partial charge in [-0.15, -0.1) is 22.7 Å². The molecule has 2 atom stereocenters. The van der Waals surface area contributed by atoms with Crippen molar-refractivity contribution in [1.29, 1.82) is 0 Å². The summed E-state index contributed by atoms with van der Waals surface area (Å²) in [5.41, 5.74) is 3.54. The van der Waals surface area contributed by atoms with E-state index in [4.69, 9.17) is 0 Å². The Hall–Kier alpha value is -0.800. The van der Waals surface area contributed by atoms with Gasteiger partial charge >= 0.3 is 0 Å². The summed E-state index contributed by atoms with van der Waals surface area (Å²) >= 11 is 4.02. The molecule has 0 aromatic carbocycles. The lowest BCUT2D eigenvalue weighted by molar-refractivity contribution is 0.200. The van der Waals surface area contributed by atoms with Gasteiger partial charge in [0, 0.05) is 20.6 Å². The van der Waals surface area contributed by atoms with Gasteiger partial charge in [0.25, 0.3) is 0 Å². The molecule has 0 saturated heterocycles. The van der Waals surface area contributed by atoms with Gasteiger partial charge in [-0.05, 0) is 35.8 Å². The highest BCUT2D eigenvalue weighted by atomic mass is 32.1. The summed E-state index contributed by atoms with van der Waals surface area (Å²) in [6.45, 7) is 23.8. The van der Waals surface area contributed by atoms with Crippen molar-refractivity contribution < 1.29 is 0 Å². The first-order chi connectivity index (χ1) is 12.3. The Morgan fingerprint density at radius 3 is 1.26 bits per heavy atom. The minimum Gasteiger partial charge on any atom is -0.353 e. The molecule has 0 saturated carbocycles. The van der Waals surface area contributed by atoms with Crippen molar-refractivity contribution in [2.24, 2.45) is 10.8 Å². The summed E-state index contributed by atoms with van der Waals surface area (Å²) in [4.78, 5) is 6.77. The number of aromatic nitrogens is 1. The van der Waals surface area contributed by atoms with E-state index in [0.717, 1.165) is 12.8 Å². The average molecular weight is 404 g/mol. The van der Waals surface area contributed by atoms with Crippen LogP contribution in [0.15, 0.2) is 12.1 Å². The van der Waals surface area contributed by atoms with Gasteiger partial charge < -0.3 is 4.98 Å². The third kappa shape index (κ3) is 3.00. The molecule has 150 valence electrons. The van der Waals surface area contributed by atoms with Crippen LogP contribution in [-0.2, 0) is 10.8 Å². The molecule has 3 rings (SSSR count). The van der Waals surface area contributed by atoms with E-state index < -0.39 is 0 Å². The molecule has 3 heteroatoms. The predicted octanol–water partition coefficient (Wildman–Crippen LogP) is 8.87. The van der Waals surface area contributed by atoms with Crippen LogP contribution in [0.5, 0.6) is 0 Å². The van der Waals surface area contributed by atoms with Crippen LogP contribution in [0.1, 0.15) is 91.8 Å². The van der Waals surface area contributed by atoms with Gasteiger partial charge in [-0.25, -0.2) is 0 Å². The molecule has 0 fully saturated rings. The minimum absolute atomic E-state index is 0.202. The molecule has 3 heterocycles. The topological polar surface area (TPSA) is 15.8 Å². The summed E-state index contributed by atoms with van der Waals surface area (Å²) in [7, 11) is 0. The Labute approximate surface area is 173 Å². The zero-order valence-electron chi connectivity index (χ0n) is 18.9. The number of fused-ring (bicyclic) bond motifs is 3. The molecule has 1 nitrogen and oxygen atoms in total. The van der Waals surface area contributed by atoms with E-state index in [1.54, 1.807) is 0 Å². The quantitative estimate of drug-likeness (QED) is 0.447. The smallest absolute Gasteiger partial charge is 0.0701 e. The first-order valence-electron chi connectivity index (χ1n) is 10.3. The Kier molecular flexibility index (Phi) is 4.92. The lowest BCUT2D eigenvalue weighted by Gasteiger charge is -2.41. The fourth-order valence-electron chi connectivity index (χ4n) is 4.14. The SMILES string of the molecule is CCC(C)(c1cc2[nH]c3cc(C(C)(CC)C(C)(C)C)sc3c2s1)C(C)(C)C. The number of thiophene rings is 2. The summed E-state index contributed by atoms with van der Waals surface area (Å²) in [5, 5.41) is 0. The highest BCUT2D eigenvalue weighted by Crippen LogP contribution is 2.52. The van der Waals surface area contributed by atoms with Gasteiger partial charge in [-0.3, -0.25) is 0 Å². The second-order valence-corrected chi connectivity index (χ2v) is 12.8. The van der Waals surface area contributed by atoms with E-state index in [0.29, 0.717) is 0 Å². The zero-order chi connectivity index (χ0) is 20.4. The lowest BCUT2D eigenvalue weighted by atomic mass is 9.65. The Balaban J connectivity index is 2.17. The minimum atomic E-state index is 0.202. The van der Waals surface area contributed by atoms with Gasteiger partial charge in [0.15, 0.2) is 0 Å². The van der Waals surface area contributed by atoms with Crippen molar-refractivity contribution >= 4 is 43.1 Å². The molecule has 0 aliphatic heterocycles. The molecular formula is C24H37NS2. The maximum absolute atomic E-state index is 3.73. The van der Waals surface area contributed by atoms with Crippen molar-refractivity contribution in [2.45, 2.75) is 92.9 Å². The van der Waals surface area contributed by atoms with Crippen molar-refractivity contribution in [2.75, 3.05) is 0 Å². The Bertz CT molecular complexity index is 879. The van der Waals surface area contributed by atoms with E-state index in [1.807, 2.05) is 22.7 Å². The Morgan fingerprint density at radius 1 is 0.667 bits per heavy atom. The van der Waals surface area contributed by atoms with Gasteiger partial charge in [0.1, 0.15) is 0 Å². The normalized spacial score (nSPS) is 18.1. The van der Waals surface area contributed by atoms with Crippen molar-refractivity contribution in [3.8, 4) is 0 Å². The number of H-pyrrole nitrogens is 1. The van der Waals surface area contributed by atoms with E-state index >= 15 is 0 Å². The van der Waals surface area contributed by atoms with Crippen LogP contribution in [0, 0.1) is 10.8 Å². The first kappa shape index (κ1) is 20.9. The van der Waals surface area contributed by atoms with Crippen LogP contribution in [0.2, 0.25) is 0 Å². The molecule has 3 aromatic heterocycles.